The highest BCUT2D eigenvalue weighted by Gasteiger charge is 2.13. The van der Waals surface area contributed by atoms with E-state index >= 15 is 0 Å². The van der Waals surface area contributed by atoms with Crippen molar-refractivity contribution in [1.82, 2.24) is 4.98 Å². The number of benzene rings is 2. The van der Waals surface area contributed by atoms with Gasteiger partial charge in [-0.3, -0.25) is 4.79 Å². The number of pyridine rings is 1. The van der Waals surface area contributed by atoms with Crippen molar-refractivity contribution in [3.05, 3.63) is 52.1 Å². The van der Waals surface area contributed by atoms with E-state index < -0.39 is 0 Å². The summed E-state index contributed by atoms with van der Waals surface area (Å²) >= 11 is 0. The molecule has 1 aromatic heterocycles. The average molecular weight is 235 g/mol. The summed E-state index contributed by atoms with van der Waals surface area (Å²) in [6.07, 6.45) is 3.48. The summed E-state index contributed by atoms with van der Waals surface area (Å²) in [5, 5.41) is 5.31. The minimum Gasteiger partial charge on any atom is -0.321 e. The molecule has 2 heteroatoms. The Morgan fingerprint density at radius 1 is 0.944 bits per heavy atom. The van der Waals surface area contributed by atoms with E-state index in [9.17, 15) is 4.79 Å². The Hall–Kier alpha value is -2.09. The summed E-state index contributed by atoms with van der Waals surface area (Å²) in [5.41, 5.74) is 1.43. The number of nitrogens with one attached hydrogen (secondary N) is 1. The summed E-state index contributed by atoms with van der Waals surface area (Å²) in [5.74, 6) is 0. The zero-order valence-corrected chi connectivity index (χ0v) is 9.99. The van der Waals surface area contributed by atoms with E-state index in [-0.39, 0.29) is 5.56 Å². The van der Waals surface area contributed by atoms with Gasteiger partial charge in [0.15, 0.2) is 0 Å². The van der Waals surface area contributed by atoms with Gasteiger partial charge in [-0.05, 0) is 36.3 Å². The number of hydrogen-bond donors (Lipinski definition) is 1. The predicted octanol–water partition coefficient (Wildman–Crippen LogP) is 2.73. The number of aromatic amines is 1. The molecule has 2 aromatic carbocycles. The van der Waals surface area contributed by atoms with Gasteiger partial charge in [-0.25, -0.2) is 0 Å². The van der Waals surface area contributed by atoms with Crippen LogP contribution in [0.1, 0.15) is 19.3 Å². The van der Waals surface area contributed by atoms with Crippen LogP contribution in [-0.2, 0) is 0 Å². The maximum absolute atomic E-state index is 12.2. The van der Waals surface area contributed by atoms with Crippen LogP contribution in [0.2, 0.25) is 0 Å². The van der Waals surface area contributed by atoms with Crippen LogP contribution >= 0.6 is 0 Å². The van der Waals surface area contributed by atoms with Gasteiger partial charge in [-0.1, -0.05) is 30.3 Å². The summed E-state index contributed by atoms with van der Waals surface area (Å²) in [6.45, 7) is 0. The Labute approximate surface area is 104 Å². The van der Waals surface area contributed by atoms with Crippen LogP contribution in [0.5, 0.6) is 0 Å². The fraction of sp³-hybridized carbons (Fsp3) is 0.188. The SMILES string of the molecule is O=c1[nH]c(=C2CCC2)c2cccc3cccc1c32. The minimum atomic E-state index is 0.0358. The molecule has 0 amide bonds. The molecular formula is C16H13NO. The molecule has 0 atom stereocenters. The smallest absolute Gasteiger partial charge is 0.256 e. The molecule has 1 aliphatic carbocycles. The number of aromatic nitrogens is 1. The van der Waals surface area contributed by atoms with Gasteiger partial charge >= 0.3 is 0 Å². The molecule has 0 bridgehead atoms. The second kappa shape index (κ2) is 3.45. The standard InChI is InChI=1S/C16H13NO/c18-16-13-9-3-5-10-4-2-8-12(14(10)13)15(17-16)11-6-1-7-11/h2-5,8-9H,1,6-7H2,(H,17,18). The number of hydrogen-bond acceptors (Lipinski definition) is 1. The highest BCUT2D eigenvalue weighted by Crippen LogP contribution is 2.27. The van der Waals surface area contributed by atoms with Gasteiger partial charge in [-0.2, -0.15) is 0 Å². The first kappa shape index (κ1) is 9.89. The third-order valence-corrected chi connectivity index (χ3v) is 3.97. The Kier molecular flexibility index (Phi) is 1.90. The quantitative estimate of drug-likeness (QED) is 0.638. The largest absolute Gasteiger partial charge is 0.321 e. The Balaban J connectivity index is 2.37. The van der Waals surface area contributed by atoms with Crippen LogP contribution in [0.25, 0.3) is 27.1 Å². The van der Waals surface area contributed by atoms with Gasteiger partial charge in [0, 0.05) is 21.5 Å². The molecule has 0 aliphatic heterocycles. The first-order valence-corrected chi connectivity index (χ1v) is 6.40. The summed E-state index contributed by atoms with van der Waals surface area (Å²) in [7, 11) is 0. The predicted molar refractivity (Wildman–Crippen MR) is 74.6 cm³/mol. The second-order valence-electron chi connectivity index (χ2n) is 5.00. The summed E-state index contributed by atoms with van der Waals surface area (Å²) in [6, 6.07) is 12.2. The second-order valence-corrected chi connectivity index (χ2v) is 5.00. The number of H-pyrrole nitrogens is 1. The molecule has 0 saturated heterocycles. The highest BCUT2D eigenvalue weighted by atomic mass is 16.1. The van der Waals surface area contributed by atoms with Crippen molar-refractivity contribution in [2.75, 3.05) is 0 Å². The van der Waals surface area contributed by atoms with Gasteiger partial charge in [-0.15, -0.1) is 0 Å². The summed E-state index contributed by atoms with van der Waals surface area (Å²) in [4.78, 5) is 15.3. The molecule has 1 saturated carbocycles. The monoisotopic (exact) mass is 235 g/mol. The lowest BCUT2D eigenvalue weighted by Crippen LogP contribution is -2.25. The van der Waals surface area contributed by atoms with Crippen LogP contribution in [0.15, 0.2) is 41.2 Å². The molecule has 88 valence electrons. The maximum atomic E-state index is 12.2. The molecule has 1 heterocycles. The van der Waals surface area contributed by atoms with Crippen molar-refractivity contribution >= 4 is 27.1 Å². The Morgan fingerprint density at radius 2 is 1.67 bits per heavy atom. The highest BCUT2D eigenvalue weighted by molar-refractivity contribution is 6.09. The van der Waals surface area contributed by atoms with Crippen LogP contribution < -0.4 is 10.9 Å². The molecule has 4 rings (SSSR count). The fourth-order valence-corrected chi connectivity index (χ4v) is 2.87. The molecule has 2 nitrogen and oxygen atoms in total. The van der Waals surface area contributed by atoms with Gasteiger partial charge in [0.1, 0.15) is 0 Å². The van der Waals surface area contributed by atoms with E-state index in [1.54, 1.807) is 0 Å². The lowest BCUT2D eigenvalue weighted by atomic mass is 9.90. The molecule has 0 radical (unpaired) electrons. The van der Waals surface area contributed by atoms with Gasteiger partial charge in [0.25, 0.3) is 5.56 Å². The van der Waals surface area contributed by atoms with Crippen molar-refractivity contribution in [2.45, 2.75) is 19.3 Å². The van der Waals surface area contributed by atoms with E-state index in [1.807, 2.05) is 12.1 Å². The maximum Gasteiger partial charge on any atom is 0.256 e. The van der Waals surface area contributed by atoms with Crippen LogP contribution in [0.4, 0.5) is 0 Å². The van der Waals surface area contributed by atoms with Crippen LogP contribution in [0, 0.1) is 0 Å². The summed E-state index contributed by atoms with van der Waals surface area (Å²) < 4.78 is 0. The Bertz CT molecular complexity index is 862. The molecular weight excluding hydrogens is 222 g/mol. The molecule has 0 spiro atoms. The van der Waals surface area contributed by atoms with Crippen molar-refractivity contribution in [1.29, 1.82) is 0 Å². The zero-order chi connectivity index (χ0) is 12.1. The van der Waals surface area contributed by atoms with Crippen molar-refractivity contribution in [2.24, 2.45) is 0 Å². The topological polar surface area (TPSA) is 32.9 Å². The van der Waals surface area contributed by atoms with Crippen molar-refractivity contribution in [3.8, 4) is 0 Å². The third-order valence-electron chi connectivity index (χ3n) is 3.97. The molecule has 0 unspecified atom stereocenters. The normalized spacial score (nSPS) is 15.2. The van der Waals surface area contributed by atoms with Gasteiger partial charge in [0.05, 0.1) is 0 Å². The van der Waals surface area contributed by atoms with E-state index in [2.05, 4.69) is 29.2 Å². The van der Waals surface area contributed by atoms with Gasteiger partial charge < -0.3 is 4.98 Å². The van der Waals surface area contributed by atoms with E-state index in [1.165, 1.54) is 17.4 Å². The lowest BCUT2D eigenvalue weighted by Gasteiger charge is -2.17. The third kappa shape index (κ3) is 1.20. The first-order chi connectivity index (χ1) is 8.84. The molecule has 1 N–H and O–H groups in total. The fourth-order valence-electron chi connectivity index (χ4n) is 2.87. The van der Waals surface area contributed by atoms with Crippen LogP contribution in [0.3, 0.4) is 0 Å². The number of rotatable bonds is 0. The van der Waals surface area contributed by atoms with E-state index in [4.69, 9.17) is 0 Å². The lowest BCUT2D eigenvalue weighted by molar-refractivity contribution is 0.748. The Morgan fingerprint density at radius 3 is 2.33 bits per heavy atom. The molecule has 18 heavy (non-hydrogen) atoms. The van der Waals surface area contributed by atoms with E-state index in [0.717, 1.165) is 34.3 Å². The molecule has 3 aromatic rings. The average Bonchev–Trinajstić information content (AvgIpc) is 2.33. The zero-order valence-electron chi connectivity index (χ0n) is 9.99. The van der Waals surface area contributed by atoms with E-state index in [0.29, 0.717) is 0 Å². The van der Waals surface area contributed by atoms with Crippen molar-refractivity contribution in [3.63, 3.8) is 0 Å². The first-order valence-electron chi connectivity index (χ1n) is 6.40. The molecule has 1 aliphatic rings. The van der Waals surface area contributed by atoms with Crippen LogP contribution in [-0.4, -0.2) is 4.98 Å². The van der Waals surface area contributed by atoms with Gasteiger partial charge in [0.2, 0.25) is 0 Å². The molecule has 1 fully saturated rings. The van der Waals surface area contributed by atoms with Crippen molar-refractivity contribution < 1.29 is 0 Å². The minimum absolute atomic E-state index is 0.0358.